The van der Waals surface area contributed by atoms with Crippen molar-refractivity contribution >= 4 is 22.2 Å². The van der Waals surface area contributed by atoms with Gasteiger partial charge in [-0.3, -0.25) is 14.1 Å². The molecule has 1 fully saturated rings. The summed E-state index contributed by atoms with van der Waals surface area (Å²) in [7, 11) is 0. The molecule has 1 amide bonds. The fraction of sp³-hybridized carbons (Fsp3) is 0.333. The maximum atomic E-state index is 11.5. The second kappa shape index (κ2) is 6.37. The molecule has 1 aromatic carbocycles. The van der Waals surface area contributed by atoms with E-state index in [1.54, 1.807) is 11.3 Å². The standard InChI is InChI=1S/C18H20N4OS/c19-17(23)14-7-4-8-21(11-14)12-15-16(13-5-2-1-3-6-13)20-18-22(15)9-10-24-18/h1-3,5-6,9-10,14H,4,7-8,11-12H2,(H2,19,23)/t14-/m1/s1. The van der Waals surface area contributed by atoms with Gasteiger partial charge in [0.25, 0.3) is 0 Å². The van der Waals surface area contributed by atoms with Gasteiger partial charge in [0.1, 0.15) is 0 Å². The summed E-state index contributed by atoms with van der Waals surface area (Å²) in [5.41, 5.74) is 8.86. The second-order valence-corrected chi connectivity index (χ2v) is 7.18. The second-order valence-electron chi connectivity index (χ2n) is 6.31. The molecule has 3 aromatic rings. The number of amides is 1. The molecule has 4 rings (SSSR count). The van der Waals surface area contributed by atoms with Crippen LogP contribution in [0, 0.1) is 5.92 Å². The number of hydrogen-bond donors (Lipinski definition) is 1. The molecule has 1 atom stereocenters. The van der Waals surface area contributed by atoms with Crippen LogP contribution in [0.15, 0.2) is 41.9 Å². The molecule has 2 aromatic heterocycles. The van der Waals surface area contributed by atoms with Crippen LogP contribution in [-0.4, -0.2) is 33.3 Å². The van der Waals surface area contributed by atoms with E-state index in [2.05, 4.69) is 33.0 Å². The van der Waals surface area contributed by atoms with Crippen molar-refractivity contribution in [2.24, 2.45) is 11.7 Å². The zero-order valence-electron chi connectivity index (χ0n) is 13.4. The van der Waals surface area contributed by atoms with Crippen LogP contribution in [0.25, 0.3) is 16.2 Å². The summed E-state index contributed by atoms with van der Waals surface area (Å²) in [5.74, 6) is -0.221. The number of imidazole rings is 1. The molecule has 1 aliphatic rings. The van der Waals surface area contributed by atoms with Gasteiger partial charge in [-0.25, -0.2) is 4.98 Å². The fourth-order valence-electron chi connectivity index (χ4n) is 3.45. The Bertz CT molecular complexity index is 854. The summed E-state index contributed by atoms with van der Waals surface area (Å²) in [6, 6.07) is 10.3. The van der Waals surface area contributed by atoms with Crippen LogP contribution in [0.3, 0.4) is 0 Å². The molecule has 2 N–H and O–H groups in total. The zero-order valence-corrected chi connectivity index (χ0v) is 14.2. The predicted octanol–water partition coefficient (Wildman–Crippen LogP) is 2.76. The van der Waals surface area contributed by atoms with Gasteiger partial charge in [0, 0.05) is 30.2 Å². The van der Waals surface area contributed by atoms with Crippen LogP contribution in [0.5, 0.6) is 0 Å². The lowest BCUT2D eigenvalue weighted by molar-refractivity contribution is -0.123. The van der Waals surface area contributed by atoms with E-state index in [0.29, 0.717) is 0 Å². The average molecular weight is 340 g/mol. The number of nitrogens with zero attached hydrogens (tertiary/aromatic N) is 3. The van der Waals surface area contributed by atoms with Crippen LogP contribution in [0.4, 0.5) is 0 Å². The van der Waals surface area contributed by atoms with Crippen molar-refractivity contribution in [3.63, 3.8) is 0 Å². The van der Waals surface area contributed by atoms with E-state index in [9.17, 15) is 4.79 Å². The normalized spacial score (nSPS) is 18.9. The maximum Gasteiger partial charge on any atom is 0.221 e. The third-order valence-corrected chi connectivity index (χ3v) is 5.45. The third kappa shape index (κ3) is 2.83. The van der Waals surface area contributed by atoms with Crippen molar-refractivity contribution in [1.29, 1.82) is 0 Å². The van der Waals surface area contributed by atoms with Crippen molar-refractivity contribution in [2.75, 3.05) is 13.1 Å². The van der Waals surface area contributed by atoms with Crippen molar-refractivity contribution in [3.8, 4) is 11.3 Å². The number of benzene rings is 1. The van der Waals surface area contributed by atoms with E-state index in [4.69, 9.17) is 10.7 Å². The molecule has 0 saturated carbocycles. The van der Waals surface area contributed by atoms with E-state index in [1.165, 1.54) is 5.69 Å². The predicted molar refractivity (Wildman–Crippen MR) is 95.7 cm³/mol. The number of hydrogen-bond acceptors (Lipinski definition) is 4. The highest BCUT2D eigenvalue weighted by atomic mass is 32.1. The summed E-state index contributed by atoms with van der Waals surface area (Å²) in [6.07, 6.45) is 3.99. The zero-order chi connectivity index (χ0) is 16.5. The highest BCUT2D eigenvalue weighted by molar-refractivity contribution is 7.15. The number of carbonyl (C=O) groups excluding carboxylic acids is 1. The number of piperidine rings is 1. The Balaban J connectivity index is 1.68. The highest BCUT2D eigenvalue weighted by Gasteiger charge is 2.26. The van der Waals surface area contributed by atoms with Gasteiger partial charge in [0.2, 0.25) is 5.91 Å². The number of aromatic nitrogens is 2. The Morgan fingerprint density at radius 3 is 2.96 bits per heavy atom. The number of carbonyl (C=O) groups is 1. The molecule has 3 heterocycles. The molecule has 0 spiro atoms. The van der Waals surface area contributed by atoms with Crippen LogP contribution in [0.2, 0.25) is 0 Å². The van der Waals surface area contributed by atoms with Gasteiger partial charge in [-0.1, -0.05) is 30.3 Å². The van der Waals surface area contributed by atoms with Crippen LogP contribution >= 0.6 is 11.3 Å². The van der Waals surface area contributed by atoms with Crippen molar-refractivity contribution < 1.29 is 4.79 Å². The molecule has 6 heteroatoms. The Labute approximate surface area is 144 Å². The lowest BCUT2D eigenvalue weighted by Gasteiger charge is -2.31. The Hall–Kier alpha value is -2.18. The van der Waals surface area contributed by atoms with E-state index >= 15 is 0 Å². The molecule has 124 valence electrons. The third-order valence-electron chi connectivity index (χ3n) is 4.69. The molecule has 5 nitrogen and oxygen atoms in total. The lowest BCUT2D eigenvalue weighted by Crippen LogP contribution is -2.40. The minimum absolute atomic E-state index is 0.0372. The Morgan fingerprint density at radius 1 is 1.33 bits per heavy atom. The molecule has 0 bridgehead atoms. The van der Waals surface area contributed by atoms with Crippen LogP contribution in [-0.2, 0) is 11.3 Å². The molecule has 0 unspecified atom stereocenters. The molecule has 1 saturated heterocycles. The monoisotopic (exact) mass is 340 g/mol. The SMILES string of the molecule is NC(=O)[C@@H]1CCCN(Cc2c(-c3ccccc3)nc3sccn23)C1. The first-order valence-electron chi connectivity index (χ1n) is 8.24. The molecule has 0 aliphatic carbocycles. The van der Waals surface area contributed by atoms with Crippen molar-refractivity contribution in [3.05, 3.63) is 47.6 Å². The van der Waals surface area contributed by atoms with Crippen LogP contribution < -0.4 is 5.73 Å². The first-order chi connectivity index (χ1) is 11.7. The van der Waals surface area contributed by atoms with E-state index in [0.717, 1.165) is 48.7 Å². The highest BCUT2D eigenvalue weighted by Crippen LogP contribution is 2.28. The van der Waals surface area contributed by atoms with Gasteiger partial charge in [-0.2, -0.15) is 0 Å². The molecular weight excluding hydrogens is 320 g/mol. The Morgan fingerprint density at radius 2 is 2.17 bits per heavy atom. The first kappa shape index (κ1) is 15.4. The number of fused-ring (bicyclic) bond motifs is 1. The summed E-state index contributed by atoms with van der Waals surface area (Å²) in [4.78, 5) is 19.7. The topological polar surface area (TPSA) is 63.6 Å². The quantitative estimate of drug-likeness (QED) is 0.794. The van der Waals surface area contributed by atoms with Gasteiger partial charge < -0.3 is 5.73 Å². The molecule has 24 heavy (non-hydrogen) atoms. The Kier molecular flexibility index (Phi) is 4.08. The fourth-order valence-corrected chi connectivity index (χ4v) is 4.19. The van der Waals surface area contributed by atoms with E-state index < -0.39 is 0 Å². The largest absolute Gasteiger partial charge is 0.369 e. The van der Waals surface area contributed by atoms with E-state index in [-0.39, 0.29) is 11.8 Å². The number of rotatable bonds is 4. The summed E-state index contributed by atoms with van der Waals surface area (Å²) < 4.78 is 2.17. The minimum atomic E-state index is -0.183. The van der Waals surface area contributed by atoms with Gasteiger partial charge in [0.15, 0.2) is 4.96 Å². The van der Waals surface area contributed by atoms with Gasteiger partial charge >= 0.3 is 0 Å². The molecule has 0 radical (unpaired) electrons. The van der Waals surface area contributed by atoms with Crippen molar-refractivity contribution in [2.45, 2.75) is 19.4 Å². The van der Waals surface area contributed by atoms with E-state index in [1.807, 2.05) is 18.2 Å². The molecular formula is C18H20N4OS. The van der Waals surface area contributed by atoms with Crippen molar-refractivity contribution in [1.82, 2.24) is 14.3 Å². The van der Waals surface area contributed by atoms with Crippen LogP contribution in [0.1, 0.15) is 18.5 Å². The summed E-state index contributed by atoms with van der Waals surface area (Å²) >= 11 is 1.64. The first-order valence-corrected chi connectivity index (χ1v) is 9.12. The number of thiazole rings is 1. The minimum Gasteiger partial charge on any atom is -0.369 e. The lowest BCUT2D eigenvalue weighted by atomic mass is 9.97. The average Bonchev–Trinajstić information content (AvgIpc) is 3.19. The van der Waals surface area contributed by atoms with Gasteiger partial charge in [-0.15, -0.1) is 11.3 Å². The number of primary amides is 1. The molecule has 1 aliphatic heterocycles. The number of nitrogens with two attached hydrogens (primary N) is 1. The van der Waals surface area contributed by atoms with Gasteiger partial charge in [0.05, 0.1) is 17.3 Å². The maximum absolute atomic E-state index is 11.5. The van der Waals surface area contributed by atoms with Gasteiger partial charge in [-0.05, 0) is 19.4 Å². The summed E-state index contributed by atoms with van der Waals surface area (Å²) in [5, 5.41) is 2.06. The number of likely N-dealkylation sites (tertiary alicyclic amines) is 1. The smallest absolute Gasteiger partial charge is 0.221 e. The summed E-state index contributed by atoms with van der Waals surface area (Å²) in [6.45, 7) is 2.52.